The minimum Gasteiger partial charge on any atom is -0.452 e. The highest BCUT2D eigenvalue weighted by molar-refractivity contribution is 5.70. The number of esters is 1. The standard InChI is InChI=1S/C16H23NO2/c1-4-13-11-17(3)12-16(13,19-15(18)5-2)14-9-7-6-8-10-14/h6-10,13H,4-5,11-12H2,1-3H3/t13-,16+/m1/s1. The molecule has 3 nitrogen and oxygen atoms in total. The van der Waals surface area contributed by atoms with Crippen LogP contribution in [-0.2, 0) is 15.1 Å². The van der Waals surface area contributed by atoms with E-state index in [4.69, 9.17) is 4.74 Å². The summed E-state index contributed by atoms with van der Waals surface area (Å²) < 4.78 is 5.93. The number of carbonyl (C=O) groups is 1. The minimum absolute atomic E-state index is 0.113. The molecule has 0 saturated carbocycles. The maximum atomic E-state index is 11.9. The number of nitrogens with zero attached hydrogens (tertiary/aromatic N) is 1. The van der Waals surface area contributed by atoms with Crippen molar-refractivity contribution in [3.8, 4) is 0 Å². The zero-order valence-corrected chi connectivity index (χ0v) is 12.1. The fourth-order valence-corrected chi connectivity index (χ4v) is 3.07. The van der Waals surface area contributed by atoms with Gasteiger partial charge in [-0.05, 0) is 19.0 Å². The Kier molecular flexibility index (Phi) is 4.25. The molecule has 0 bridgehead atoms. The fraction of sp³-hybridized carbons (Fsp3) is 0.562. The molecule has 1 aromatic carbocycles. The molecule has 2 atom stereocenters. The van der Waals surface area contributed by atoms with E-state index in [9.17, 15) is 4.79 Å². The zero-order valence-electron chi connectivity index (χ0n) is 12.1. The molecule has 19 heavy (non-hydrogen) atoms. The Labute approximate surface area is 115 Å². The van der Waals surface area contributed by atoms with Gasteiger partial charge in [0.2, 0.25) is 0 Å². The van der Waals surface area contributed by atoms with E-state index in [0.29, 0.717) is 12.3 Å². The van der Waals surface area contributed by atoms with Gasteiger partial charge in [-0.3, -0.25) is 4.79 Å². The summed E-state index contributed by atoms with van der Waals surface area (Å²) in [5.74, 6) is 0.244. The molecule has 1 saturated heterocycles. The lowest BCUT2D eigenvalue weighted by Crippen LogP contribution is -2.40. The van der Waals surface area contributed by atoms with Crippen LogP contribution in [0.5, 0.6) is 0 Å². The van der Waals surface area contributed by atoms with Crippen LogP contribution in [0.2, 0.25) is 0 Å². The number of carbonyl (C=O) groups excluding carboxylic acids is 1. The van der Waals surface area contributed by atoms with Crippen LogP contribution in [0.1, 0.15) is 32.3 Å². The summed E-state index contributed by atoms with van der Waals surface area (Å²) in [4.78, 5) is 14.1. The molecule has 0 amide bonds. The van der Waals surface area contributed by atoms with Gasteiger partial charge in [0, 0.05) is 25.4 Å². The fourth-order valence-electron chi connectivity index (χ4n) is 3.07. The van der Waals surface area contributed by atoms with Crippen LogP contribution in [0.3, 0.4) is 0 Å². The van der Waals surface area contributed by atoms with Gasteiger partial charge in [-0.25, -0.2) is 0 Å². The van der Waals surface area contributed by atoms with Crippen molar-refractivity contribution < 1.29 is 9.53 Å². The maximum absolute atomic E-state index is 11.9. The summed E-state index contributed by atoms with van der Waals surface area (Å²) in [7, 11) is 2.09. The van der Waals surface area contributed by atoms with Crippen molar-refractivity contribution >= 4 is 5.97 Å². The second kappa shape index (κ2) is 5.74. The summed E-state index contributed by atoms with van der Waals surface area (Å²) in [6.07, 6.45) is 1.44. The van der Waals surface area contributed by atoms with Crippen molar-refractivity contribution in [3.05, 3.63) is 35.9 Å². The first-order valence-corrected chi connectivity index (χ1v) is 7.08. The summed E-state index contributed by atoms with van der Waals surface area (Å²) in [6, 6.07) is 10.2. The quantitative estimate of drug-likeness (QED) is 0.781. The summed E-state index contributed by atoms with van der Waals surface area (Å²) in [5.41, 5.74) is 0.644. The molecule has 1 aliphatic rings. The van der Waals surface area contributed by atoms with E-state index in [1.807, 2.05) is 25.1 Å². The van der Waals surface area contributed by atoms with Gasteiger partial charge in [-0.1, -0.05) is 44.2 Å². The Balaban J connectivity index is 2.41. The molecule has 0 spiro atoms. The van der Waals surface area contributed by atoms with Crippen LogP contribution in [-0.4, -0.2) is 31.0 Å². The molecule has 3 heteroatoms. The first kappa shape index (κ1) is 14.1. The third kappa shape index (κ3) is 2.66. The van der Waals surface area contributed by atoms with Crippen molar-refractivity contribution in [1.82, 2.24) is 4.90 Å². The minimum atomic E-state index is -0.474. The molecule has 1 heterocycles. The molecule has 1 fully saturated rings. The number of rotatable bonds is 4. The van der Waals surface area contributed by atoms with Gasteiger partial charge in [0.25, 0.3) is 0 Å². The van der Waals surface area contributed by atoms with Crippen molar-refractivity contribution in [2.45, 2.75) is 32.3 Å². The van der Waals surface area contributed by atoms with Crippen molar-refractivity contribution in [1.29, 1.82) is 0 Å². The maximum Gasteiger partial charge on any atom is 0.306 e. The van der Waals surface area contributed by atoms with Crippen LogP contribution < -0.4 is 0 Å². The average Bonchev–Trinajstić information content (AvgIpc) is 2.76. The Morgan fingerprint density at radius 1 is 1.37 bits per heavy atom. The zero-order chi connectivity index (χ0) is 13.9. The third-order valence-corrected chi connectivity index (χ3v) is 4.04. The van der Waals surface area contributed by atoms with E-state index in [0.717, 1.165) is 25.1 Å². The van der Waals surface area contributed by atoms with Gasteiger partial charge in [-0.15, -0.1) is 0 Å². The van der Waals surface area contributed by atoms with Gasteiger partial charge in [0.1, 0.15) is 0 Å². The second-order valence-electron chi connectivity index (χ2n) is 5.39. The Morgan fingerprint density at radius 3 is 2.63 bits per heavy atom. The molecular formula is C16H23NO2. The van der Waals surface area contributed by atoms with Crippen LogP contribution in [0.25, 0.3) is 0 Å². The van der Waals surface area contributed by atoms with E-state index in [1.165, 1.54) is 0 Å². The molecule has 0 unspecified atom stereocenters. The first-order valence-electron chi connectivity index (χ1n) is 7.08. The predicted octanol–water partition coefficient (Wildman–Crippen LogP) is 2.81. The van der Waals surface area contributed by atoms with Gasteiger partial charge in [0.05, 0.1) is 0 Å². The summed E-state index contributed by atoms with van der Waals surface area (Å²) in [5, 5.41) is 0. The molecule has 2 rings (SSSR count). The highest BCUT2D eigenvalue weighted by atomic mass is 16.6. The van der Waals surface area contributed by atoms with E-state index < -0.39 is 5.60 Å². The summed E-state index contributed by atoms with van der Waals surface area (Å²) >= 11 is 0. The Morgan fingerprint density at radius 2 is 2.05 bits per heavy atom. The first-order chi connectivity index (χ1) is 9.12. The lowest BCUT2D eigenvalue weighted by atomic mass is 9.82. The smallest absolute Gasteiger partial charge is 0.306 e. The lowest BCUT2D eigenvalue weighted by Gasteiger charge is -2.34. The number of likely N-dealkylation sites (tertiary alicyclic amines) is 1. The monoisotopic (exact) mass is 261 g/mol. The molecular weight excluding hydrogens is 238 g/mol. The van der Waals surface area contributed by atoms with Crippen molar-refractivity contribution in [2.24, 2.45) is 5.92 Å². The van der Waals surface area contributed by atoms with Crippen LogP contribution in [0.4, 0.5) is 0 Å². The third-order valence-electron chi connectivity index (χ3n) is 4.04. The van der Waals surface area contributed by atoms with Crippen molar-refractivity contribution in [3.63, 3.8) is 0 Å². The molecule has 0 aliphatic carbocycles. The van der Waals surface area contributed by atoms with Crippen LogP contribution in [0.15, 0.2) is 30.3 Å². The van der Waals surface area contributed by atoms with Crippen LogP contribution >= 0.6 is 0 Å². The molecule has 0 aromatic heterocycles. The lowest BCUT2D eigenvalue weighted by molar-refractivity contribution is -0.164. The van der Waals surface area contributed by atoms with E-state index in [2.05, 4.69) is 31.0 Å². The highest BCUT2D eigenvalue weighted by Crippen LogP contribution is 2.41. The average molecular weight is 261 g/mol. The Hall–Kier alpha value is -1.35. The number of benzene rings is 1. The largest absolute Gasteiger partial charge is 0.452 e. The topological polar surface area (TPSA) is 29.5 Å². The highest BCUT2D eigenvalue weighted by Gasteiger charge is 2.48. The molecule has 1 aliphatic heterocycles. The normalized spacial score (nSPS) is 27.4. The second-order valence-corrected chi connectivity index (χ2v) is 5.39. The summed E-state index contributed by atoms with van der Waals surface area (Å²) in [6.45, 7) is 5.77. The van der Waals surface area contributed by atoms with Crippen molar-refractivity contribution in [2.75, 3.05) is 20.1 Å². The SMILES string of the molecule is CCC(=O)O[C@@]1(c2ccccc2)CN(C)C[C@H]1CC. The molecule has 0 N–H and O–H groups in total. The van der Waals surface area contributed by atoms with E-state index in [1.54, 1.807) is 0 Å². The molecule has 104 valence electrons. The van der Waals surface area contributed by atoms with Gasteiger partial charge < -0.3 is 9.64 Å². The number of likely N-dealkylation sites (N-methyl/N-ethyl adjacent to an activating group) is 1. The number of ether oxygens (including phenoxy) is 1. The molecule has 1 aromatic rings. The van der Waals surface area contributed by atoms with Gasteiger partial charge >= 0.3 is 5.97 Å². The van der Waals surface area contributed by atoms with Crippen LogP contribution in [0, 0.1) is 5.92 Å². The van der Waals surface area contributed by atoms with Gasteiger partial charge in [-0.2, -0.15) is 0 Å². The van der Waals surface area contributed by atoms with E-state index in [-0.39, 0.29) is 5.97 Å². The molecule has 0 radical (unpaired) electrons. The van der Waals surface area contributed by atoms with E-state index >= 15 is 0 Å². The number of hydrogen-bond acceptors (Lipinski definition) is 3. The number of hydrogen-bond donors (Lipinski definition) is 0. The Bertz CT molecular complexity index is 432. The van der Waals surface area contributed by atoms with Gasteiger partial charge in [0.15, 0.2) is 5.60 Å². The predicted molar refractivity (Wildman–Crippen MR) is 75.8 cm³/mol.